The molecule has 0 saturated carbocycles. The SMILES string of the molecule is CN1CCC(N2CC(C(=O)O)C2)CC1. The molecule has 0 aromatic heterocycles. The lowest BCUT2D eigenvalue weighted by Crippen LogP contribution is -2.57. The van der Waals surface area contributed by atoms with Gasteiger partial charge in [-0.1, -0.05) is 0 Å². The van der Waals surface area contributed by atoms with E-state index in [9.17, 15) is 4.79 Å². The van der Waals surface area contributed by atoms with Crippen molar-refractivity contribution in [3.05, 3.63) is 0 Å². The van der Waals surface area contributed by atoms with Crippen LogP contribution in [0.2, 0.25) is 0 Å². The van der Waals surface area contributed by atoms with Gasteiger partial charge in [-0.2, -0.15) is 0 Å². The van der Waals surface area contributed by atoms with Gasteiger partial charge in [0.2, 0.25) is 0 Å². The third-order valence-electron chi connectivity index (χ3n) is 3.46. The van der Waals surface area contributed by atoms with Crippen LogP contribution in [0.4, 0.5) is 0 Å². The van der Waals surface area contributed by atoms with E-state index < -0.39 is 5.97 Å². The maximum absolute atomic E-state index is 10.6. The van der Waals surface area contributed by atoms with Gasteiger partial charge in [0.05, 0.1) is 5.92 Å². The van der Waals surface area contributed by atoms with E-state index >= 15 is 0 Å². The van der Waals surface area contributed by atoms with Crippen LogP contribution in [0.3, 0.4) is 0 Å². The smallest absolute Gasteiger partial charge is 0.309 e. The summed E-state index contributed by atoms with van der Waals surface area (Å²) in [5.74, 6) is -0.733. The molecule has 2 saturated heterocycles. The molecule has 14 heavy (non-hydrogen) atoms. The van der Waals surface area contributed by atoms with E-state index in [1.54, 1.807) is 0 Å². The summed E-state index contributed by atoms with van der Waals surface area (Å²) in [4.78, 5) is 15.3. The number of likely N-dealkylation sites (tertiary alicyclic amines) is 2. The van der Waals surface area contributed by atoms with Crippen molar-refractivity contribution in [2.75, 3.05) is 33.2 Å². The van der Waals surface area contributed by atoms with Gasteiger partial charge in [-0.3, -0.25) is 9.69 Å². The van der Waals surface area contributed by atoms with Crippen LogP contribution < -0.4 is 0 Å². The lowest BCUT2D eigenvalue weighted by Gasteiger charge is -2.45. The zero-order valence-corrected chi connectivity index (χ0v) is 8.65. The molecule has 2 aliphatic heterocycles. The van der Waals surface area contributed by atoms with Crippen LogP contribution >= 0.6 is 0 Å². The predicted octanol–water partition coefficient (Wildman–Crippen LogP) is 0.0970. The Labute approximate surface area is 84.5 Å². The Balaban J connectivity index is 1.74. The van der Waals surface area contributed by atoms with Gasteiger partial charge in [0.25, 0.3) is 0 Å². The van der Waals surface area contributed by atoms with Gasteiger partial charge in [-0.05, 0) is 33.0 Å². The minimum absolute atomic E-state index is 0.102. The summed E-state index contributed by atoms with van der Waals surface area (Å²) in [7, 11) is 2.15. The molecule has 4 nitrogen and oxygen atoms in total. The fraction of sp³-hybridized carbons (Fsp3) is 0.900. The molecule has 0 aromatic carbocycles. The monoisotopic (exact) mass is 198 g/mol. The second-order valence-corrected chi connectivity index (χ2v) is 4.52. The quantitative estimate of drug-likeness (QED) is 0.683. The number of hydrogen-bond acceptors (Lipinski definition) is 3. The largest absolute Gasteiger partial charge is 0.481 e. The number of rotatable bonds is 2. The van der Waals surface area contributed by atoms with Gasteiger partial charge in [-0.25, -0.2) is 0 Å². The average Bonchev–Trinajstić information content (AvgIpc) is 2.05. The van der Waals surface area contributed by atoms with Gasteiger partial charge >= 0.3 is 5.97 Å². The van der Waals surface area contributed by atoms with Crippen LogP contribution in [0.5, 0.6) is 0 Å². The highest BCUT2D eigenvalue weighted by Crippen LogP contribution is 2.24. The molecule has 0 aliphatic carbocycles. The maximum Gasteiger partial charge on any atom is 0.309 e. The lowest BCUT2D eigenvalue weighted by atomic mass is 9.93. The number of carboxylic acids is 1. The molecule has 0 amide bonds. The van der Waals surface area contributed by atoms with Crippen molar-refractivity contribution in [3.63, 3.8) is 0 Å². The number of carboxylic acid groups (broad SMARTS) is 1. The minimum atomic E-state index is -0.630. The third-order valence-corrected chi connectivity index (χ3v) is 3.46. The van der Waals surface area contributed by atoms with Gasteiger partial charge in [0.15, 0.2) is 0 Å². The molecule has 2 heterocycles. The third kappa shape index (κ3) is 1.91. The molecule has 0 unspecified atom stereocenters. The highest BCUT2D eigenvalue weighted by molar-refractivity contribution is 5.71. The molecule has 0 aromatic rings. The Kier molecular flexibility index (Phi) is 2.74. The second-order valence-electron chi connectivity index (χ2n) is 4.52. The van der Waals surface area contributed by atoms with Crippen molar-refractivity contribution in [1.82, 2.24) is 9.80 Å². The summed E-state index contributed by atoms with van der Waals surface area (Å²) in [6.45, 7) is 3.84. The van der Waals surface area contributed by atoms with Crippen molar-refractivity contribution in [1.29, 1.82) is 0 Å². The number of piperidine rings is 1. The van der Waals surface area contributed by atoms with Crippen molar-refractivity contribution < 1.29 is 9.90 Å². The van der Waals surface area contributed by atoms with Crippen LogP contribution in [0, 0.1) is 5.92 Å². The summed E-state index contributed by atoms with van der Waals surface area (Å²) >= 11 is 0. The standard InChI is InChI=1S/C10H18N2O2/c1-11-4-2-9(3-5-11)12-6-8(7-12)10(13)14/h8-9H,2-7H2,1H3,(H,13,14). The van der Waals surface area contributed by atoms with Crippen LogP contribution in [0.15, 0.2) is 0 Å². The van der Waals surface area contributed by atoms with Crippen LogP contribution in [-0.2, 0) is 4.79 Å². The van der Waals surface area contributed by atoms with E-state index in [0.29, 0.717) is 6.04 Å². The Bertz CT molecular complexity index is 218. The first-order valence-corrected chi connectivity index (χ1v) is 5.32. The summed E-state index contributed by atoms with van der Waals surface area (Å²) in [6.07, 6.45) is 2.39. The number of nitrogens with zero attached hydrogens (tertiary/aromatic N) is 2. The number of hydrogen-bond donors (Lipinski definition) is 1. The Morgan fingerprint density at radius 2 is 1.86 bits per heavy atom. The van der Waals surface area contributed by atoms with Gasteiger partial charge < -0.3 is 10.0 Å². The van der Waals surface area contributed by atoms with E-state index in [-0.39, 0.29) is 5.92 Å². The van der Waals surface area contributed by atoms with Crippen molar-refractivity contribution in [2.24, 2.45) is 5.92 Å². The molecule has 0 atom stereocenters. The van der Waals surface area contributed by atoms with E-state index in [0.717, 1.165) is 26.2 Å². The molecule has 2 fully saturated rings. The first kappa shape index (κ1) is 9.93. The van der Waals surface area contributed by atoms with Gasteiger partial charge in [-0.15, -0.1) is 0 Å². The second kappa shape index (κ2) is 3.87. The maximum atomic E-state index is 10.6. The molecule has 0 bridgehead atoms. The lowest BCUT2D eigenvalue weighted by molar-refractivity contribution is -0.149. The first-order valence-electron chi connectivity index (χ1n) is 5.32. The first-order chi connectivity index (χ1) is 6.66. The van der Waals surface area contributed by atoms with E-state index in [2.05, 4.69) is 16.8 Å². The Hall–Kier alpha value is -0.610. The van der Waals surface area contributed by atoms with Crippen molar-refractivity contribution in [3.8, 4) is 0 Å². The zero-order chi connectivity index (χ0) is 10.1. The molecule has 80 valence electrons. The summed E-state index contributed by atoms with van der Waals surface area (Å²) < 4.78 is 0. The molecule has 1 N–H and O–H groups in total. The summed E-state index contributed by atoms with van der Waals surface area (Å²) in [5, 5.41) is 8.76. The number of carbonyl (C=O) groups is 1. The average molecular weight is 198 g/mol. The topological polar surface area (TPSA) is 43.8 Å². The molecule has 4 heteroatoms. The van der Waals surface area contributed by atoms with Gasteiger partial charge in [0.1, 0.15) is 0 Å². The minimum Gasteiger partial charge on any atom is -0.481 e. The zero-order valence-electron chi connectivity index (χ0n) is 8.65. The van der Waals surface area contributed by atoms with E-state index in [1.165, 1.54) is 12.8 Å². The van der Waals surface area contributed by atoms with E-state index in [4.69, 9.17) is 5.11 Å². The normalized spacial score (nSPS) is 27.5. The highest BCUT2D eigenvalue weighted by Gasteiger charge is 2.37. The van der Waals surface area contributed by atoms with E-state index in [1.807, 2.05) is 0 Å². The van der Waals surface area contributed by atoms with Crippen LogP contribution in [0.25, 0.3) is 0 Å². The molecular formula is C10H18N2O2. The number of aliphatic carboxylic acids is 1. The highest BCUT2D eigenvalue weighted by atomic mass is 16.4. The molecular weight excluding hydrogens is 180 g/mol. The summed E-state index contributed by atoms with van der Waals surface area (Å²) in [5.41, 5.74) is 0. The molecule has 2 aliphatic rings. The molecule has 2 rings (SSSR count). The van der Waals surface area contributed by atoms with Crippen LogP contribution in [0.1, 0.15) is 12.8 Å². The Morgan fingerprint density at radius 3 is 2.36 bits per heavy atom. The molecule has 0 radical (unpaired) electrons. The summed E-state index contributed by atoms with van der Waals surface area (Å²) in [6, 6.07) is 0.641. The fourth-order valence-corrected chi connectivity index (χ4v) is 2.33. The Morgan fingerprint density at radius 1 is 1.29 bits per heavy atom. The molecule has 0 spiro atoms. The van der Waals surface area contributed by atoms with Crippen molar-refractivity contribution >= 4 is 5.97 Å². The predicted molar refractivity (Wildman–Crippen MR) is 53.2 cm³/mol. The van der Waals surface area contributed by atoms with Crippen LogP contribution in [-0.4, -0.2) is 60.1 Å². The van der Waals surface area contributed by atoms with Gasteiger partial charge in [0, 0.05) is 19.1 Å². The fourth-order valence-electron chi connectivity index (χ4n) is 2.33. The van der Waals surface area contributed by atoms with Crippen molar-refractivity contribution in [2.45, 2.75) is 18.9 Å².